The molecule has 5 heteroatoms. The summed E-state index contributed by atoms with van der Waals surface area (Å²) in [6.07, 6.45) is 2.25. The number of nitrogen functional groups attached to an aromatic ring is 1. The van der Waals surface area contributed by atoms with Crippen molar-refractivity contribution in [3.8, 4) is 0 Å². The highest BCUT2D eigenvalue weighted by molar-refractivity contribution is 5.78. The van der Waals surface area contributed by atoms with Gasteiger partial charge in [-0.05, 0) is 30.5 Å². The SMILES string of the molecule is COCCOCCCCNC(=O)Cc1ccc(N)cc1. The molecule has 1 aromatic carbocycles. The molecule has 0 saturated heterocycles. The summed E-state index contributed by atoms with van der Waals surface area (Å²) < 4.78 is 10.2. The number of carbonyl (C=O) groups excluding carboxylic acids is 1. The van der Waals surface area contributed by atoms with Crippen molar-refractivity contribution in [3.63, 3.8) is 0 Å². The average Bonchev–Trinajstić information content (AvgIpc) is 2.44. The lowest BCUT2D eigenvalue weighted by Crippen LogP contribution is -2.26. The fraction of sp³-hybridized carbons (Fsp3) is 0.533. The van der Waals surface area contributed by atoms with Gasteiger partial charge in [-0.3, -0.25) is 4.79 Å². The van der Waals surface area contributed by atoms with Crippen LogP contribution in [0.25, 0.3) is 0 Å². The van der Waals surface area contributed by atoms with Gasteiger partial charge in [-0.1, -0.05) is 12.1 Å². The zero-order valence-corrected chi connectivity index (χ0v) is 12.1. The summed E-state index contributed by atoms with van der Waals surface area (Å²) in [6.45, 7) is 2.64. The van der Waals surface area contributed by atoms with Crippen LogP contribution in [-0.2, 0) is 20.7 Å². The first-order valence-electron chi connectivity index (χ1n) is 6.90. The van der Waals surface area contributed by atoms with Crippen LogP contribution < -0.4 is 11.1 Å². The van der Waals surface area contributed by atoms with E-state index in [2.05, 4.69) is 5.32 Å². The molecule has 1 rings (SSSR count). The number of unbranched alkanes of at least 4 members (excludes halogenated alkanes) is 1. The van der Waals surface area contributed by atoms with E-state index in [1.807, 2.05) is 12.1 Å². The Morgan fingerprint density at radius 2 is 1.90 bits per heavy atom. The highest BCUT2D eigenvalue weighted by atomic mass is 16.5. The summed E-state index contributed by atoms with van der Waals surface area (Å²) in [5.74, 6) is 0.0371. The summed E-state index contributed by atoms with van der Waals surface area (Å²) in [5, 5.41) is 2.90. The summed E-state index contributed by atoms with van der Waals surface area (Å²) in [4.78, 5) is 11.7. The predicted octanol–water partition coefficient (Wildman–Crippen LogP) is 1.37. The first kappa shape index (κ1) is 16.5. The van der Waals surface area contributed by atoms with Crippen LogP contribution in [0.3, 0.4) is 0 Å². The smallest absolute Gasteiger partial charge is 0.224 e. The van der Waals surface area contributed by atoms with Crippen molar-refractivity contribution < 1.29 is 14.3 Å². The summed E-state index contributed by atoms with van der Waals surface area (Å²) in [5.41, 5.74) is 7.28. The van der Waals surface area contributed by atoms with Crippen LogP contribution in [0.15, 0.2) is 24.3 Å². The highest BCUT2D eigenvalue weighted by Gasteiger charge is 2.02. The lowest BCUT2D eigenvalue weighted by atomic mass is 10.1. The maximum atomic E-state index is 11.7. The quantitative estimate of drug-likeness (QED) is 0.501. The van der Waals surface area contributed by atoms with E-state index in [0.717, 1.165) is 18.4 Å². The number of rotatable bonds is 10. The van der Waals surface area contributed by atoms with Crippen molar-refractivity contribution >= 4 is 11.6 Å². The van der Waals surface area contributed by atoms with Gasteiger partial charge in [-0.25, -0.2) is 0 Å². The minimum atomic E-state index is 0.0371. The molecule has 0 unspecified atom stereocenters. The molecule has 1 amide bonds. The molecule has 1 aromatic rings. The molecule has 112 valence electrons. The predicted molar refractivity (Wildman–Crippen MR) is 79.5 cm³/mol. The normalized spacial score (nSPS) is 10.4. The molecule has 0 bridgehead atoms. The van der Waals surface area contributed by atoms with E-state index in [4.69, 9.17) is 15.2 Å². The van der Waals surface area contributed by atoms with Crippen LogP contribution in [0.1, 0.15) is 18.4 Å². The van der Waals surface area contributed by atoms with Crippen molar-refractivity contribution in [1.82, 2.24) is 5.32 Å². The first-order valence-corrected chi connectivity index (χ1v) is 6.90. The molecule has 0 aliphatic heterocycles. The zero-order valence-electron chi connectivity index (χ0n) is 12.1. The molecule has 0 aliphatic carbocycles. The van der Waals surface area contributed by atoms with Gasteiger partial charge in [0, 0.05) is 25.9 Å². The minimum absolute atomic E-state index is 0.0371. The average molecular weight is 280 g/mol. The number of nitrogens with two attached hydrogens (primary N) is 1. The number of carbonyl (C=O) groups is 1. The van der Waals surface area contributed by atoms with Gasteiger partial charge in [0.2, 0.25) is 5.91 Å². The Morgan fingerprint density at radius 3 is 2.60 bits per heavy atom. The van der Waals surface area contributed by atoms with Crippen LogP contribution in [-0.4, -0.2) is 39.4 Å². The van der Waals surface area contributed by atoms with Gasteiger partial charge in [0.1, 0.15) is 0 Å². The van der Waals surface area contributed by atoms with Crippen LogP contribution in [0.5, 0.6) is 0 Å². The van der Waals surface area contributed by atoms with Gasteiger partial charge in [-0.15, -0.1) is 0 Å². The third kappa shape index (κ3) is 7.76. The van der Waals surface area contributed by atoms with Crippen molar-refractivity contribution in [2.75, 3.05) is 39.2 Å². The van der Waals surface area contributed by atoms with Crippen molar-refractivity contribution in [2.45, 2.75) is 19.3 Å². The summed E-state index contributed by atoms with van der Waals surface area (Å²) >= 11 is 0. The lowest BCUT2D eigenvalue weighted by molar-refractivity contribution is -0.120. The molecule has 0 fully saturated rings. The fourth-order valence-corrected chi connectivity index (χ4v) is 1.68. The Kier molecular flexibility index (Phi) is 8.42. The number of methoxy groups -OCH3 is 1. The monoisotopic (exact) mass is 280 g/mol. The number of ether oxygens (including phenoxy) is 2. The van der Waals surface area contributed by atoms with E-state index in [-0.39, 0.29) is 5.91 Å². The molecule has 0 heterocycles. The van der Waals surface area contributed by atoms with E-state index < -0.39 is 0 Å². The minimum Gasteiger partial charge on any atom is -0.399 e. The molecule has 0 atom stereocenters. The molecule has 20 heavy (non-hydrogen) atoms. The van der Waals surface area contributed by atoms with E-state index in [9.17, 15) is 4.79 Å². The van der Waals surface area contributed by atoms with Crippen LogP contribution >= 0.6 is 0 Å². The van der Waals surface area contributed by atoms with Gasteiger partial charge in [0.15, 0.2) is 0 Å². The van der Waals surface area contributed by atoms with Crippen molar-refractivity contribution in [1.29, 1.82) is 0 Å². The van der Waals surface area contributed by atoms with Gasteiger partial charge in [-0.2, -0.15) is 0 Å². The Labute approximate surface area is 120 Å². The number of nitrogens with one attached hydrogen (secondary N) is 1. The maximum Gasteiger partial charge on any atom is 0.224 e. The Hall–Kier alpha value is -1.59. The maximum absolute atomic E-state index is 11.7. The largest absolute Gasteiger partial charge is 0.399 e. The Morgan fingerprint density at radius 1 is 1.15 bits per heavy atom. The summed E-state index contributed by atoms with van der Waals surface area (Å²) in [6, 6.07) is 7.36. The summed E-state index contributed by atoms with van der Waals surface area (Å²) in [7, 11) is 1.65. The molecule has 0 saturated carbocycles. The van der Waals surface area contributed by atoms with E-state index >= 15 is 0 Å². The highest BCUT2D eigenvalue weighted by Crippen LogP contribution is 2.05. The molecular weight excluding hydrogens is 256 g/mol. The number of benzene rings is 1. The van der Waals surface area contributed by atoms with Gasteiger partial charge in [0.05, 0.1) is 19.6 Å². The molecule has 3 N–H and O–H groups in total. The second-order valence-electron chi connectivity index (χ2n) is 4.58. The second-order valence-corrected chi connectivity index (χ2v) is 4.58. The first-order chi connectivity index (χ1) is 9.72. The molecule has 0 spiro atoms. The standard InChI is InChI=1S/C15H24N2O3/c1-19-10-11-20-9-3-2-8-17-15(18)12-13-4-6-14(16)7-5-13/h4-7H,2-3,8-12,16H2,1H3,(H,17,18). The number of amides is 1. The Bertz CT molecular complexity index is 379. The van der Waals surface area contributed by atoms with Gasteiger partial charge in [0.25, 0.3) is 0 Å². The molecule has 0 aliphatic rings. The zero-order chi connectivity index (χ0) is 14.6. The Balaban J connectivity index is 2.01. The molecule has 0 aromatic heterocycles. The van der Waals surface area contributed by atoms with Gasteiger partial charge < -0.3 is 20.5 Å². The van der Waals surface area contributed by atoms with E-state index in [1.54, 1.807) is 19.2 Å². The van der Waals surface area contributed by atoms with Crippen molar-refractivity contribution in [3.05, 3.63) is 29.8 Å². The van der Waals surface area contributed by atoms with Crippen LogP contribution in [0, 0.1) is 0 Å². The van der Waals surface area contributed by atoms with Crippen LogP contribution in [0.2, 0.25) is 0 Å². The van der Waals surface area contributed by atoms with E-state index in [0.29, 0.717) is 38.5 Å². The third-order valence-electron chi connectivity index (χ3n) is 2.81. The number of anilines is 1. The molecule has 5 nitrogen and oxygen atoms in total. The lowest BCUT2D eigenvalue weighted by Gasteiger charge is -2.06. The van der Waals surface area contributed by atoms with Crippen molar-refractivity contribution in [2.24, 2.45) is 0 Å². The third-order valence-corrected chi connectivity index (χ3v) is 2.81. The van der Waals surface area contributed by atoms with Crippen LogP contribution in [0.4, 0.5) is 5.69 Å². The van der Waals surface area contributed by atoms with Gasteiger partial charge >= 0.3 is 0 Å². The molecular formula is C15H24N2O3. The molecule has 0 radical (unpaired) electrons. The fourth-order valence-electron chi connectivity index (χ4n) is 1.68. The number of hydrogen-bond donors (Lipinski definition) is 2. The topological polar surface area (TPSA) is 73.6 Å². The van der Waals surface area contributed by atoms with E-state index in [1.165, 1.54) is 0 Å². The second kappa shape index (κ2) is 10.2. The number of hydrogen-bond acceptors (Lipinski definition) is 4.